The summed E-state index contributed by atoms with van der Waals surface area (Å²) in [6, 6.07) is 5.80. The molecule has 110 valence electrons. The summed E-state index contributed by atoms with van der Waals surface area (Å²) in [5, 5.41) is 10.0. The van der Waals surface area contributed by atoms with Crippen LogP contribution in [0.2, 0.25) is 0 Å². The summed E-state index contributed by atoms with van der Waals surface area (Å²) in [4.78, 5) is 16.0. The molecule has 0 saturated carbocycles. The Bertz CT molecular complexity index is 651. The van der Waals surface area contributed by atoms with E-state index >= 15 is 0 Å². The van der Waals surface area contributed by atoms with E-state index in [1.807, 2.05) is 25.1 Å². The standard InChI is InChI=1S/C15H18N4O2/c1-10-18-14(21-19-10)6-3-8-16-13-5-2-4-12-11(13)7-9-17-15(12)20/h2,4-5,16H,3,6-9H2,1H3,(H,17,20). The highest BCUT2D eigenvalue weighted by atomic mass is 16.5. The summed E-state index contributed by atoms with van der Waals surface area (Å²) in [7, 11) is 0. The van der Waals surface area contributed by atoms with Crippen molar-refractivity contribution in [3.8, 4) is 0 Å². The van der Waals surface area contributed by atoms with Crippen LogP contribution < -0.4 is 10.6 Å². The van der Waals surface area contributed by atoms with Gasteiger partial charge in [0.2, 0.25) is 5.89 Å². The molecule has 6 nitrogen and oxygen atoms in total. The topological polar surface area (TPSA) is 80.0 Å². The number of hydrogen-bond donors (Lipinski definition) is 2. The Morgan fingerprint density at radius 3 is 3.14 bits per heavy atom. The Hall–Kier alpha value is -2.37. The number of benzene rings is 1. The summed E-state index contributed by atoms with van der Waals surface area (Å²) >= 11 is 0. The first-order valence-corrected chi connectivity index (χ1v) is 7.17. The normalized spacial score (nSPS) is 13.7. The van der Waals surface area contributed by atoms with Crippen molar-refractivity contribution in [2.24, 2.45) is 0 Å². The van der Waals surface area contributed by atoms with Gasteiger partial charge >= 0.3 is 0 Å². The van der Waals surface area contributed by atoms with Crippen molar-refractivity contribution in [3.05, 3.63) is 41.0 Å². The molecular formula is C15H18N4O2. The van der Waals surface area contributed by atoms with Gasteiger partial charge in [0.25, 0.3) is 5.91 Å². The van der Waals surface area contributed by atoms with Gasteiger partial charge < -0.3 is 15.2 Å². The summed E-state index contributed by atoms with van der Waals surface area (Å²) in [6.07, 6.45) is 2.52. The lowest BCUT2D eigenvalue weighted by molar-refractivity contribution is 0.0946. The molecule has 2 heterocycles. The van der Waals surface area contributed by atoms with E-state index < -0.39 is 0 Å². The third-order valence-corrected chi connectivity index (χ3v) is 3.53. The first-order valence-electron chi connectivity index (χ1n) is 7.17. The molecule has 3 rings (SSSR count). The summed E-state index contributed by atoms with van der Waals surface area (Å²) in [5.41, 5.74) is 2.93. The molecule has 0 unspecified atom stereocenters. The molecule has 2 aromatic rings. The van der Waals surface area contributed by atoms with Crippen LogP contribution in [0.25, 0.3) is 0 Å². The maximum Gasteiger partial charge on any atom is 0.251 e. The lowest BCUT2D eigenvalue weighted by Gasteiger charge is -2.20. The predicted molar refractivity (Wildman–Crippen MR) is 78.3 cm³/mol. The number of nitrogens with zero attached hydrogens (tertiary/aromatic N) is 2. The second-order valence-corrected chi connectivity index (χ2v) is 5.10. The fourth-order valence-electron chi connectivity index (χ4n) is 2.54. The fraction of sp³-hybridized carbons (Fsp3) is 0.400. The minimum atomic E-state index is 0.0150. The largest absolute Gasteiger partial charge is 0.385 e. The zero-order chi connectivity index (χ0) is 14.7. The van der Waals surface area contributed by atoms with Gasteiger partial charge in [-0.25, -0.2) is 0 Å². The van der Waals surface area contributed by atoms with Gasteiger partial charge in [-0.3, -0.25) is 4.79 Å². The van der Waals surface area contributed by atoms with Gasteiger partial charge in [-0.2, -0.15) is 4.98 Å². The molecule has 1 aromatic heterocycles. The third kappa shape index (κ3) is 3.04. The van der Waals surface area contributed by atoms with E-state index in [0.29, 0.717) is 18.3 Å². The number of fused-ring (bicyclic) bond motifs is 1. The molecule has 1 aromatic carbocycles. The minimum Gasteiger partial charge on any atom is -0.385 e. The summed E-state index contributed by atoms with van der Waals surface area (Å²) in [6.45, 7) is 3.32. The number of anilines is 1. The Morgan fingerprint density at radius 1 is 1.43 bits per heavy atom. The first kappa shape index (κ1) is 13.6. The Balaban J connectivity index is 1.58. The molecule has 0 bridgehead atoms. The highest BCUT2D eigenvalue weighted by molar-refractivity contribution is 5.98. The average Bonchev–Trinajstić information content (AvgIpc) is 2.90. The molecule has 0 aliphatic carbocycles. The van der Waals surface area contributed by atoms with Crippen LogP contribution in [0.4, 0.5) is 5.69 Å². The van der Waals surface area contributed by atoms with Gasteiger partial charge in [0, 0.05) is 30.8 Å². The van der Waals surface area contributed by atoms with Gasteiger partial charge in [0.1, 0.15) is 0 Å². The van der Waals surface area contributed by atoms with E-state index in [-0.39, 0.29) is 5.91 Å². The van der Waals surface area contributed by atoms with Crippen molar-refractivity contribution in [2.75, 3.05) is 18.4 Å². The summed E-state index contributed by atoms with van der Waals surface area (Å²) in [5.74, 6) is 1.35. The molecule has 1 aliphatic rings. The van der Waals surface area contributed by atoms with Crippen LogP contribution in [0.5, 0.6) is 0 Å². The maximum atomic E-state index is 11.8. The van der Waals surface area contributed by atoms with E-state index in [1.165, 1.54) is 0 Å². The lowest BCUT2D eigenvalue weighted by Crippen LogP contribution is -2.32. The van der Waals surface area contributed by atoms with Gasteiger partial charge in [0.05, 0.1) is 0 Å². The van der Waals surface area contributed by atoms with Crippen LogP contribution in [0.1, 0.15) is 34.1 Å². The quantitative estimate of drug-likeness (QED) is 0.818. The fourth-order valence-corrected chi connectivity index (χ4v) is 2.54. The van der Waals surface area contributed by atoms with E-state index in [4.69, 9.17) is 4.52 Å². The Kier molecular flexibility index (Phi) is 3.85. The lowest BCUT2D eigenvalue weighted by atomic mass is 9.98. The number of rotatable bonds is 5. The maximum absolute atomic E-state index is 11.8. The molecule has 2 N–H and O–H groups in total. The van der Waals surface area contributed by atoms with E-state index in [9.17, 15) is 4.79 Å². The molecular weight excluding hydrogens is 268 g/mol. The van der Waals surface area contributed by atoms with Crippen LogP contribution >= 0.6 is 0 Å². The van der Waals surface area contributed by atoms with Crippen LogP contribution in [0.3, 0.4) is 0 Å². The monoisotopic (exact) mass is 286 g/mol. The van der Waals surface area contributed by atoms with Gasteiger partial charge in [-0.05, 0) is 37.5 Å². The first-order chi connectivity index (χ1) is 10.2. The smallest absolute Gasteiger partial charge is 0.251 e. The minimum absolute atomic E-state index is 0.0150. The van der Waals surface area contributed by atoms with E-state index in [1.54, 1.807) is 0 Å². The number of aryl methyl sites for hydroxylation is 2. The van der Waals surface area contributed by atoms with Crippen LogP contribution in [0, 0.1) is 6.92 Å². The molecule has 0 spiro atoms. The van der Waals surface area contributed by atoms with Gasteiger partial charge in [-0.1, -0.05) is 11.2 Å². The molecule has 21 heavy (non-hydrogen) atoms. The number of hydrogen-bond acceptors (Lipinski definition) is 5. The second kappa shape index (κ2) is 5.95. The Morgan fingerprint density at radius 2 is 2.33 bits per heavy atom. The van der Waals surface area contributed by atoms with Crippen molar-refractivity contribution in [1.29, 1.82) is 0 Å². The SMILES string of the molecule is Cc1noc(CCCNc2cccc3c2CCNC3=O)n1. The zero-order valence-electron chi connectivity index (χ0n) is 12.0. The van der Waals surface area contributed by atoms with Crippen molar-refractivity contribution in [1.82, 2.24) is 15.5 Å². The molecule has 0 radical (unpaired) electrons. The molecule has 1 aliphatic heterocycles. The van der Waals surface area contributed by atoms with Gasteiger partial charge in [-0.15, -0.1) is 0 Å². The summed E-state index contributed by atoms with van der Waals surface area (Å²) < 4.78 is 5.08. The highest BCUT2D eigenvalue weighted by Crippen LogP contribution is 2.23. The molecule has 0 fully saturated rings. The second-order valence-electron chi connectivity index (χ2n) is 5.10. The van der Waals surface area contributed by atoms with Crippen molar-refractivity contribution < 1.29 is 9.32 Å². The number of nitrogens with one attached hydrogen (secondary N) is 2. The molecule has 0 saturated heterocycles. The third-order valence-electron chi connectivity index (χ3n) is 3.53. The van der Waals surface area contributed by atoms with E-state index in [0.717, 1.165) is 42.6 Å². The molecule has 0 atom stereocenters. The van der Waals surface area contributed by atoms with Crippen LogP contribution in [0.15, 0.2) is 22.7 Å². The number of carbonyl (C=O) groups is 1. The Labute approximate surface area is 122 Å². The highest BCUT2D eigenvalue weighted by Gasteiger charge is 2.18. The predicted octanol–water partition coefficient (Wildman–Crippen LogP) is 1.71. The van der Waals surface area contributed by atoms with Crippen LogP contribution in [-0.2, 0) is 12.8 Å². The molecule has 6 heteroatoms. The zero-order valence-corrected chi connectivity index (χ0v) is 12.0. The average molecular weight is 286 g/mol. The van der Waals surface area contributed by atoms with E-state index in [2.05, 4.69) is 20.8 Å². The number of aromatic nitrogens is 2. The number of amides is 1. The van der Waals surface area contributed by atoms with Crippen molar-refractivity contribution >= 4 is 11.6 Å². The number of carbonyl (C=O) groups excluding carboxylic acids is 1. The van der Waals surface area contributed by atoms with Crippen LogP contribution in [-0.4, -0.2) is 29.1 Å². The molecule has 1 amide bonds. The van der Waals surface area contributed by atoms with Gasteiger partial charge in [0.15, 0.2) is 5.82 Å². The van der Waals surface area contributed by atoms with Crippen molar-refractivity contribution in [3.63, 3.8) is 0 Å². The van der Waals surface area contributed by atoms with Crippen molar-refractivity contribution in [2.45, 2.75) is 26.2 Å².